The summed E-state index contributed by atoms with van der Waals surface area (Å²) in [6.07, 6.45) is 0. The third-order valence-electron chi connectivity index (χ3n) is 3.70. The average Bonchev–Trinajstić information content (AvgIpc) is 2.92. The maximum absolute atomic E-state index is 12.2. The standard InChI is InChI=1S/C16H26N4O3S/c1-12(2)9-19-4-6-20(7-5-19)16(22)11-24-10-15(21)17-14-8-13(3)23-18-14/h8,12H,4-7,9-11H2,1-3H3,(H,17,18,21). The fraction of sp³-hybridized carbons (Fsp3) is 0.688. The van der Waals surface area contributed by atoms with Crippen LogP contribution in [0.5, 0.6) is 0 Å². The molecule has 1 saturated heterocycles. The normalized spacial score (nSPS) is 15.8. The van der Waals surface area contributed by atoms with E-state index in [-0.39, 0.29) is 17.6 Å². The van der Waals surface area contributed by atoms with Crippen molar-refractivity contribution in [2.45, 2.75) is 20.8 Å². The Bertz CT molecular complexity index is 553. The second kappa shape index (κ2) is 9.08. The second-order valence-electron chi connectivity index (χ2n) is 6.44. The van der Waals surface area contributed by atoms with Gasteiger partial charge in [0.2, 0.25) is 11.8 Å². The van der Waals surface area contributed by atoms with Crippen LogP contribution >= 0.6 is 11.8 Å². The summed E-state index contributed by atoms with van der Waals surface area (Å²) in [5.74, 6) is 2.18. The smallest absolute Gasteiger partial charge is 0.235 e. The monoisotopic (exact) mass is 354 g/mol. The molecule has 0 radical (unpaired) electrons. The molecular weight excluding hydrogens is 328 g/mol. The average molecular weight is 354 g/mol. The van der Waals surface area contributed by atoms with E-state index < -0.39 is 0 Å². The van der Waals surface area contributed by atoms with E-state index in [0.29, 0.717) is 23.2 Å². The number of carbonyl (C=O) groups excluding carboxylic acids is 2. The third-order valence-corrected chi connectivity index (χ3v) is 4.62. The number of hydrogen-bond donors (Lipinski definition) is 1. The molecule has 0 atom stereocenters. The molecule has 0 unspecified atom stereocenters. The van der Waals surface area contributed by atoms with E-state index in [4.69, 9.17) is 4.52 Å². The Labute approximate surface area is 147 Å². The third kappa shape index (κ3) is 6.16. The van der Waals surface area contributed by atoms with E-state index >= 15 is 0 Å². The molecule has 0 aromatic carbocycles. The van der Waals surface area contributed by atoms with Gasteiger partial charge in [-0.15, -0.1) is 11.8 Å². The van der Waals surface area contributed by atoms with Crippen LogP contribution in [0.4, 0.5) is 5.82 Å². The van der Waals surface area contributed by atoms with Crippen molar-refractivity contribution >= 4 is 29.4 Å². The first kappa shape index (κ1) is 18.8. The van der Waals surface area contributed by atoms with Crippen LogP contribution in [0.2, 0.25) is 0 Å². The highest BCUT2D eigenvalue weighted by molar-refractivity contribution is 8.00. The number of rotatable bonds is 7. The highest BCUT2D eigenvalue weighted by Gasteiger charge is 2.21. The lowest BCUT2D eigenvalue weighted by atomic mass is 10.2. The van der Waals surface area contributed by atoms with E-state index in [2.05, 4.69) is 29.2 Å². The van der Waals surface area contributed by atoms with Crippen molar-refractivity contribution in [3.05, 3.63) is 11.8 Å². The van der Waals surface area contributed by atoms with Gasteiger partial charge in [-0.1, -0.05) is 19.0 Å². The SMILES string of the molecule is Cc1cc(NC(=O)CSCC(=O)N2CCN(CC(C)C)CC2)no1. The molecule has 24 heavy (non-hydrogen) atoms. The van der Waals surface area contributed by atoms with E-state index in [0.717, 1.165) is 32.7 Å². The maximum atomic E-state index is 12.2. The number of nitrogens with zero attached hydrogens (tertiary/aromatic N) is 3. The molecule has 1 N–H and O–H groups in total. The minimum atomic E-state index is -0.178. The van der Waals surface area contributed by atoms with Gasteiger partial charge in [0.15, 0.2) is 5.82 Å². The number of anilines is 1. The Balaban J connectivity index is 1.62. The number of nitrogens with one attached hydrogen (secondary N) is 1. The van der Waals surface area contributed by atoms with Crippen LogP contribution in [0.3, 0.4) is 0 Å². The summed E-state index contributed by atoms with van der Waals surface area (Å²) in [7, 11) is 0. The van der Waals surface area contributed by atoms with E-state index in [1.165, 1.54) is 11.8 Å². The summed E-state index contributed by atoms with van der Waals surface area (Å²) >= 11 is 1.33. The van der Waals surface area contributed by atoms with Gasteiger partial charge >= 0.3 is 0 Å². The Morgan fingerprint density at radius 2 is 2.00 bits per heavy atom. The Morgan fingerprint density at radius 3 is 2.58 bits per heavy atom. The number of carbonyl (C=O) groups is 2. The van der Waals surface area contributed by atoms with Gasteiger partial charge in [-0.25, -0.2) is 0 Å². The van der Waals surface area contributed by atoms with Crippen LogP contribution in [-0.2, 0) is 9.59 Å². The molecule has 1 aromatic heterocycles. The summed E-state index contributed by atoms with van der Waals surface area (Å²) in [4.78, 5) is 28.3. The number of amides is 2. The van der Waals surface area contributed by atoms with Gasteiger partial charge in [0.05, 0.1) is 11.5 Å². The van der Waals surface area contributed by atoms with Gasteiger partial charge < -0.3 is 14.7 Å². The fourth-order valence-electron chi connectivity index (χ4n) is 2.62. The summed E-state index contributed by atoms with van der Waals surface area (Å²) in [6, 6.07) is 1.66. The molecule has 1 aromatic rings. The first-order valence-electron chi connectivity index (χ1n) is 8.25. The first-order valence-corrected chi connectivity index (χ1v) is 9.40. The molecule has 1 aliphatic rings. The van der Waals surface area contributed by atoms with Crippen molar-refractivity contribution in [3.63, 3.8) is 0 Å². The lowest BCUT2D eigenvalue weighted by molar-refractivity contribution is -0.130. The summed E-state index contributed by atoms with van der Waals surface area (Å²) in [6.45, 7) is 10.7. The van der Waals surface area contributed by atoms with Crippen molar-refractivity contribution in [3.8, 4) is 0 Å². The van der Waals surface area contributed by atoms with Crippen molar-refractivity contribution in [1.82, 2.24) is 15.0 Å². The van der Waals surface area contributed by atoms with Crippen LogP contribution in [0, 0.1) is 12.8 Å². The topological polar surface area (TPSA) is 78.7 Å². The van der Waals surface area contributed by atoms with Crippen molar-refractivity contribution < 1.29 is 14.1 Å². The molecule has 1 fully saturated rings. The van der Waals surface area contributed by atoms with Crippen molar-refractivity contribution in [1.29, 1.82) is 0 Å². The van der Waals surface area contributed by atoms with Crippen LogP contribution in [0.1, 0.15) is 19.6 Å². The zero-order valence-electron chi connectivity index (χ0n) is 14.6. The number of aromatic nitrogens is 1. The largest absolute Gasteiger partial charge is 0.360 e. The molecule has 2 rings (SSSR count). The summed E-state index contributed by atoms with van der Waals surface area (Å²) in [5, 5.41) is 6.35. The van der Waals surface area contributed by atoms with E-state index in [1.807, 2.05) is 4.90 Å². The van der Waals surface area contributed by atoms with Crippen LogP contribution in [0.25, 0.3) is 0 Å². The predicted octanol–water partition coefficient (Wildman–Crippen LogP) is 1.45. The molecule has 0 aliphatic carbocycles. The van der Waals surface area contributed by atoms with E-state index in [1.54, 1.807) is 13.0 Å². The van der Waals surface area contributed by atoms with Gasteiger partial charge in [-0.3, -0.25) is 14.5 Å². The molecule has 134 valence electrons. The summed E-state index contributed by atoms with van der Waals surface area (Å²) < 4.78 is 4.88. The number of hydrogen-bond acceptors (Lipinski definition) is 6. The minimum Gasteiger partial charge on any atom is -0.360 e. The lowest BCUT2D eigenvalue weighted by Crippen LogP contribution is -2.50. The molecule has 8 heteroatoms. The molecule has 0 spiro atoms. The minimum absolute atomic E-state index is 0.106. The molecule has 1 aliphatic heterocycles. The van der Waals surface area contributed by atoms with Crippen molar-refractivity contribution in [2.24, 2.45) is 5.92 Å². The van der Waals surface area contributed by atoms with Gasteiger partial charge in [0.1, 0.15) is 5.76 Å². The molecule has 0 saturated carbocycles. The summed E-state index contributed by atoms with van der Waals surface area (Å²) in [5.41, 5.74) is 0. The van der Waals surface area contributed by atoms with Gasteiger partial charge in [-0.2, -0.15) is 0 Å². The molecule has 7 nitrogen and oxygen atoms in total. The quantitative estimate of drug-likeness (QED) is 0.799. The second-order valence-corrected chi connectivity index (χ2v) is 7.42. The Hall–Kier alpha value is -1.54. The van der Waals surface area contributed by atoms with Crippen molar-refractivity contribution in [2.75, 3.05) is 49.5 Å². The highest BCUT2D eigenvalue weighted by atomic mass is 32.2. The zero-order valence-corrected chi connectivity index (χ0v) is 15.4. The van der Waals surface area contributed by atoms with E-state index in [9.17, 15) is 9.59 Å². The predicted molar refractivity (Wildman–Crippen MR) is 95.1 cm³/mol. The number of piperazine rings is 1. The molecule has 2 amide bonds. The molecule has 2 heterocycles. The molecule has 0 bridgehead atoms. The number of thioether (sulfide) groups is 1. The van der Waals surface area contributed by atoms with Gasteiger partial charge in [-0.05, 0) is 12.8 Å². The van der Waals surface area contributed by atoms with Gasteiger partial charge in [0, 0.05) is 38.8 Å². The van der Waals surface area contributed by atoms with Crippen LogP contribution < -0.4 is 5.32 Å². The highest BCUT2D eigenvalue weighted by Crippen LogP contribution is 2.10. The zero-order chi connectivity index (χ0) is 17.5. The van der Waals surface area contributed by atoms with Crippen LogP contribution in [-0.4, -0.2) is 71.0 Å². The molecular formula is C16H26N4O3S. The van der Waals surface area contributed by atoms with Gasteiger partial charge in [0.25, 0.3) is 0 Å². The fourth-order valence-corrected chi connectivity index (χ4v) is 3.34. The number of aryl methyl sites for hydroxylation is 1. The Kier molecular flexibility index (Phi) is 7.11. The Morgan fingerprint density at radius 1 is 1.29 bits per heavy atom. The first-order chi connectivity index (χ1) is 11.4. The van der Waals surface area contributed by atoms with Crippen LogP contribution in [0.15, 0.2) is 10.6 Å². The lowest BCUT2D eigenvalue weighted by Gasteiger charge is -2.35. The maximum Gasteiger partial charge on any atom is 0.235 e.